The van der Waals surface area contributed by atoms with Gasteiger partial charge in [-0.15, -0.1) is 0 Å². The van der Waals surface area contributed by atoms with Crippen LogP contribution in [0.25, 0.3) is 0 Å². The summed E-state index contributed by atoms with van der Waals surface area (Å²) in [5.74, 6) is 0.658. The molecule has 0 aliphatic rings. The van der Waals surface area contributed by atoms with Crippen molar-refractivity contribution in [3.05, 3.63) is 15.9 Å². The van der Waals surface area contributed by atoms with Gasteiger partial charge in [0.25, 0.3) is 5.88 Å². The Balaban J connectivity index is 3.14. The zero-order chi connectivity index (χ0) is 14.3. The van der Waals surface area contributed by atoms with Crippen molar-refractivity contribution >= 4 is 11.5 Å². The molecule has 8 nitrogen and oxygen atoms in total. The van der Waals surface area contributed by atoms with Crippen molar-refractivity contribution < 1.29 is 14.4 Å². The third-order valence-electron chi connectivity index (χ3n) is 2.28. The molecule has 0 bridgehead atoms. The van der Waals surface area contributed by atoms with Crippen LogP contribution in [0.2, 0.25) is 0 Å². The molecule has 0 radical (unpaired) electrons. The molecular formula is C11H18N4O4. The molecule has 8 heteroatoms. The van der Waals surface area contributed by atoms with Gasteiger partial charge in [-0.1, -0.05) is 6.92 Å². The fourth-order valence-electron chi connectivity index (χ4n) is 1.43. The van der Waals surface area contributed by atoms with Gasteiger partial charge < -0.3 is 14.8 Å². The van der Waals surface area contributed by atoms with E-state index in [9.17, 15) is 10.1 Å². The lowest BCUT2D eigenvalue weighted by atomic mass is 10.4. The van der Waals surface area contributed by atoms with Gasteiger partial charge in [-0.2, -0.15) is 4.98 Å². The summed E-state index contributed by atoms with van der Waals surface area (Å²) in [5, 5.41) is 14.0. The quantitative estimate of drug-likeness (QED) is 0.433. The van der Waals surface area contributed by atoms with Gasteiger partial charge in [0.1, 0.15) is 5.82 Å². The lowest BCUT2D eigenvalue weighted by Gasteiger charge is -2.10. The van der Waals surface area contributed by atoms with Crippen LogP contribution < -0.4 is 10.1 Å². The second-order valence-corrected chi connectivity index (χ2v) is 3.61. The fraction of sp³-hybridized carbons (Fsp3) is 0.636. The van der Waals surface area contributed by atoms with Crippen molar-refractivity contribution in [1.82, 2.24) is 9.97 Å². The molecule has 1 aromatic heterocycles. The predicted octanol–water partition coefficient (Wildman–Crippen LogP) is 1.40. The van der Waals surface area contributed by atoms with Crippen LogP contribution in [0.5, 0.6) is 5.88 Å². The van der Waals surface area contributed by atoms with Crippen molar-refractivity contribution in [3.63, 3.8) is 0 Å². The third-order valence-corrected chi connectivity index (χ3v) is 2.28. The molecule has 1 heterocycles. The van der Waals surface area contributed by atoms with Gasteiger partial charge >= 0.3 is 5.69 Å². The van der Waals surface area contributed by atoms with Crippen molar-refractivity contribution in [3.8, 4) is 5.88 Å². The molecule has 0 aromatic carbocycles. The van der Waals surface area contributed by atoms with E-state index in [0.29, 0.717) is 32.0 Å². The normalized spacial score (nSPS) is 10.3. The first kappa shape index (κ1) is 15.1. The van der Waals surface area contributed by atoms with Crippen LogP contribution in [-0.4, -0.2) is 41.8 Å². The number of anilines is 1. The first-order chi connectivity index (χ1) is 9.13. The van der Waals surface area contributed by atoms with Crippen LogP contribution in [0.4, 0.5) is 11.5 Å². The minimum absolute atomic E-state index is 0.000679. The Hall–Kier alpha value is -1.96. The average Bonchev–Trinajstić information content (AvgIpc) is 2.38. The summed E-state index contributed by atoms with van der Waals surface area (Å²) in [5.41, 5.74) is -0.241. The molecule has 106 valence electrons. The molecule has 0 aliphatic heterocycles. The fourth-order valence-corrected chi connectivity index (χ4v) is 1.43. The maximum absolute atomic E-state index is 11.1. The number of rotatable bonds is 8. The molecule has 1 N–H and O–H groups in total. The van der Waals surface area contributed by atoms with E-state index in [1.165, 1.54) is 0 Å². The zero-order valence-corrected chi connectivity index (χ0v) is 11.3. The summed E-state index contributed by atoms with van der Waals surface area (Å²) in [6.45, 7) is 4.76. The molecule has 0 saturated carbocycles. The lowest BCUT2D eigenvalue weighted by Crippen LogP contribution is -2.13. The second-order valence-electron chi connectivity index (χ2n) is 3.61. The van der Waals surface area contributed by atoms with Crippen molar-refractivity contribution in [2.24, 2.45) is 0 Å². The highest BCUT2D eigenvalue weighted by atomic mass is 16.6. The molecular weight excluding hydrogens is 252 g/mol. The van der Waals surface area contributed by atoms with Crippen LogP contribution in [0.3, 0.4) is 0 Å². The van der Waals surface area contributed by atoms with Crippen molar-refractivity contribution in [2.45, 2.75) is 20.3 Å². The Morgan fingerprint density at radius 3 is 2.63 bits per heavy atom. The summed E-state index contributed by atoms with van der Waals surface area (Å²) >= 11 is 0. The molecule has 1 aromatic rings. The molecule has 0 saturated heterocycles. The highest BCUT2D eigenvalue weighted by molar-refractivity contribution is 5.61. The smallest absolute Gasteiger partial charge is 0.372 e. The maximum Gasteiger partial charge on any atom is 0.372 e. The van der Waals surface area contributed by atoms with E-state index >= 15 is 0 Å². The maximum atomic E-state index is 11.1. The first-order valence-corrected chi connectivity index (χ1v) is 6.04. The summed E-state index contributed by atoms with van der Waals surface area (Å²) in [6, 6.07) is 0. The molecule has 0 atom stereocenters. The first-order valence-electron chi connectivity index (χ1n) is 6.04. The number of aromatic nitrogens is 2. The van der Waals surface area contributed by atoms with Gasteiger partial charge in [0.05, 0.1) is 18.1 Å². The minimum Gasteiger partial charge on any atom is -0.473 e. The van der Waals surface area contributed by atoms with Crippen molar-refractivity contribution in [2.75, 3.05) is 32.2 Å². The van der Waals surface area contributed by atoms with E-state index in [2.05, 4.69) is 15.3 Å². The number of hydrogen-bond acceptors (Lipinski definition) is 7. The minimum atomic E-state index is -0.542. The van der Waals surface area contributed by atoms with Gasteiger partial charge in [0.15, 0.2) is 0 Å². The van der Waals surface area contributed by atoms with E-state index in [0.717, 1.165) is 0 Å². The Kier molecular flexibility index (Phi) is 5.94. The number of nitrogens with one attached hydrogen (secondary N) is 1. The number of ether oxygens (including phenoxy) is 2. The SMILES string of the molecule is CCOc1nc(CC)nc(NCCOC)c1[N+](=O)[O-]. The molecule has 0 amide bonds. The summed E-state index contributed by atoms with van der Waals surface area (Å²) in [6.07, 6.45) is 0.566. The largest absolute Gasteiger partial charge is 0.473 e. The molecule has 0 aliphatic carbocycles. The predicted molar refractivity (Wildman–Crippen MR) is 69.6 cm³/mol. The van der Waals surface area contributed by atoms with Gasteiger partial charge in [0, 0.05) is 20.1 Å². The summed E-state index contributed by atoms with van der Waals surface area (Å²) in [7, 11) is 1.55. The van der Waals surface area contributed by atoms with Crippen molar-refractivity contribution in [1.29, 1.82) is 0 Å². The Bertz CT molecular complexity index is 439. The van der Waals surface area contributed by atoms with Crippen LogP contribution in [-0.2, 0) is 11.2 Å². The molecule has 0 fully saturated rings. The van der Waals surface area contributed by atoms with Crippen LogP contribution >= 0.6 is 0 Å². The molecule has 1 rings (SSSR count). The number of nitrogens with zero attached hydrogens (tertiary/aromatic N) is 3. The Morgan fingerprint density at radius 2 is 2.11 bits per heavy atom. The highest BCUT2D eigenvalue weighted by Crippen LogP contribution is 2.31. The monoisotopic (exact) mass is 270 g/mol. The molecule has 19 heavy (non-hydrogen) atoms. The molecule has 0 unspecified atom stereocenters. The van der Waals surface area contributed by atoms with E-state index in [1.54, 1.807) is 14.0 Å². The van der Waals surface area contributed by atoms with E-state index < -0.39 is 4.92 Å². The summed E-state index contributed by atoms with van der Waals surface area (Å²) < 4.78 is 10.1. The Morgan fingerprint density at radius 1 is 1.37 bits per heavy atom. The lowest BCUT2D eigenvalue weighted by molar-refractivity contribution is -0.385. The van der Waals surface area contributed by atoms with Gasteiger partial charge in [-0.05, 0) is 6.92 Å². The standard InChI is InChI=1S/C11H18N4O4/c1-4-8-13-10(12-6-7-18-3)9(15(16)17)11(14-8)19-5-2/h4-7H2,1-3H3,(H,12,13,14). The van der Waals surface area contributed by atoms with E-state index in [1.807, 2.05) is 6.92 Å². The van der Waals surface area contributed by atoms with E-state index in [-0.39, 0.29) is 17.4 Å². The third kappa shape index (κ3) is 4.02. The second kappa shape index (κ2) is 7.47. The Labute approximate surface area is 111 Å². The molecule has 0 spiro atoms. The zero-order valence-electron chi connectivity index (χ0n) is 11.3. The topological polar surface area (TPSA) is 99.4 Å². The summed E-state index contributed by atoms with van der Waals surface area (Å²) in [4.78, 5) is 18.8. The number of nitro groups is 1. The van der Waals surface area contributed by atoms with Crippen LogP contribution in [0.15, 0.2) is 0 Å². The van der Waals surface area contributed by atoms with Crippen LogP contribution in [0.1, 0.15) is 19.7 Å². The number of methoxy groups -OCH3 is 1. The van der Waals surface area contributed by atoms with Gasteiger partial charge in [0.2, 0.25) is 5.82 Å². The average molecular weight is 270 g/mol. The highest BCUT2D eigenvalue weighted by Gasteiger charge is 2.25. The number of hydrogen-bond donors (Lipinski definition) is 1. The van der Waals surface area contributed by atoms with Gasteiger partial charge in [-0.25, -0.2) is 4.98 Å². The number of aryl methyl sites for hydroxylation is 1. The van der Waals surface area contributed by atoms with Gasteiger partial charge in [-0.3, -0.25) is 10.1 Å². The van der Waals surface area contributed by atoms with Crippen LogP contribution in [0, 0.1) is 10.1 Å². The van der Waals surface area contributed by atoms with E-state index in [4.69, 9.17) is 9.47 Å².